The first kappa shape index (κ1) is 30.4. The Morgan fingerprint density at radius 3 is 2.27 bits per heavy atom. The molecule has 1 amide bonds. The summed E-state index contributed by atoms with van der Waals surface area (Å²) in [6.07, 6.45) is -2.05. The van der Waals surface area contributed by atoms with Crippen molar-refractivity contribution in [3.63, 3.8) is 0 Å². The number of ether oxygens (including phenoxy) is 2. The average molecular weight is 588 g/mol. The summed E-state index contributed by atoms with van der Waals surface area (Å²) in [4.78, 5) is 37.0. The molecule has 0 bridgehead atoms. The van der Waals surface area contributed by atoms with E-state index in [0.29, 0.717) is 10.2 Å². The average Bonchev–Trinajstić information content (AvgIpc) is 3.35. The van der Waals surface area contributed by atoms with Gasteiger partial charge in [0.15, 0.2) is 29.2 Å². The number of carboxylic acids is 1. The van der Waals surface area contributed by atoms with Crippen LogP contribution in [0.3, 0.4) is 0 Å². The molecule has 0 fully saturated rings. The van der Waals surface area contributed by atoms with E-state index in [-0.39, 0.29) is 18.1 Å². The number of aliphatic hydroxyl groups is 1. The van der Waals surface area contributed by atoms with Crippen molar-refractivity contribution >= 4 is 29.4 Å². The minimum atomic E-state index is -1.88. The normalized spacial score (nSPS) is 12.5. The van der Waals surface area contributed by atoms with E-state index in [1.54, 1.807) is 18.2 Å². The largest absolute Gasteiger partial charge is 0.491 e. The summed E-state index contributed by atoms with van der Waals surface area (Å²) in [7, 11) is 0.791. The van der Waals surface area contributed by atoms with Crippen LogP contribution in [0.4, 0.5) is 17.6 Å². The van der Waals surface area contributed by atoms with Gasteiger partial charge in [-0.1, -0.05) is 29.8 Å². The summed E-state index contributed by atoms with van der Waals surface area (Å²) < 4.78 is 66.9. The first-order valence-corrected chi connectivity index (χ1v) is 11.9. The lowest BCUT2D eigenvalue weighted by Gasteiger charge is -2.23. The van der Waals surface area contributed by atoms with Crippen molar-refractivity contribution in [1.29, 1.82) is 0 Å². The van der Waals surface area contributed by atoms with E-state index in [4.69, 9.17) is 16.3 Å². The number of amides is 1. The molecule has 0 saturated carbocycles. The molecule has 1 aromatic heterocycles. The van der Waals surface area contributed by atoms with Gasteiger partial charge in [-0.15, -0.1) is 0 Å². The number of halogens is 5. The third kappa shape index (κ3) is 6.34. The molecule has 3 aromatic rings. The number of aromatic nitrogens is 2. The van der Waals surface area contributed by atoms with Crippen molar-refractivity contribution in [3.05, 3.63) is 81.1 Å². The molecule has 2 atom stereocenters. The van der Waals surface area contributed by atoms with Crippen LogP contribution in [0.5, 0.6) is 5.75 Å². The van der Waals surface area contributed by atoms with Gasteiger partial charge in [0, 0.05) is 11.1 Å². The molecule has 0 aliphatic rings. The Kier molecular flexibility index (Phi) is 9.71. The zero-order valence-electron chi connectivity index (χ0n) is 20.9. The zero-order chi connectivity index (χ0) is 29.7. The van der Waals surface area contributed by atoms with Gasteiger partial charge in [0.05, 0.1) is 31.9 Å². The van der Waals surface area contributed by atoms with E-state index in [1.165, 1.54) is 13.0 Å². The van der Waals surface area contributed by atoms with E-state index < -0.39 is 82.5 Å². The molecule has 0 radical (unpaired) electrons. The Bertz CT molecular complexity index is 1420. The van der Waals surface area contributed by atoms with E-state index in [0.717, 1.165) is 13.2 Å². The number of rotatable bonds is 11. The van der Waals surface area contributed by atoms with Crippen molar-refractivity contribution in [3.8, 4) is 5.75 Å². The van der Waals surface area contributed by atoms with Crippen LogP contribution in [0.15, 0.2) is 30.3 Å². The topological polar surface area (TPSA) is 140 Å². The summed E-state index contributed by atoms with van der Waals surface area (Å²) in [5, 5.41) is 26.4. The van der Waals surface area contributed by atoms with Gasteiger partial charge in [-0.2, -0.15) is 13.9 Å². The molecular formula is C25H22ClF4N3O7. The molecule has 2 aromatic carbocycles. The number of esters is 1. The zero-order valence-corrected chi connectivity index (χ0v) is 21.6. The second-order valence-corrected chi connectivity index (χ2v) is 8.62. The lowest BCUT2D eigenvalue weighted by atomic mass is 10.0. The molecule has 0 saturated heterocycles. The smallest absolute Gasteiger partial charge is 0.354 e. The lowest BCUT2D eigenvalue weighted by Crippen LogP contribution is -2.49. The second kappa shape index (κ2) is 12.8. The van der Waals surface area contributed by atoms with Gasteiger partial charge in [-0.05, 0) is 25.0 Å². The molecule has 1 heterocycles. The van der Waals surface area contributed by atoms with Crippen LogP contribution < -0.4 is 10.1 Å². The minimum absolute atomic E-state index is 0.0747. The van der Waals surface area contributed by atoms with Crippen molar-refractivity contribution in [2.75, 3.05) is 13.7 Å². The fourth-order valence-electron chi connectivity index (χ4n) is 3.72. The van der Waals surface area contributed by atoms with E-state index in [1.807, 2.05) is 0 Å². The van der Waals surface area contributed by atoms with Gasteiger partial charge >= 0.3 is 11.9 Å². The van der Waals surface area contributed by atoms with Crippen molar-refractivity contribution in [1.82, 2.24) is 15.1 Å². The third-order valence-electron chi connectivity index (χ3n) is 5.68. The van der Waals surface area contributed by atoms with Gasteiger partial charge in [-0.25, -0.2) is 18.4 Å². The number of hydrogen-bond acceptors (Lipinski definition) is 7. The standard InChI is InChI=1S/C25H22ClF4N3O7/c1-3-40-25(38)21(34)14(8-11-6-4-5-7-13(11)26)31-23(35)15-9-16(24(36)37)33(32-15)10-12-17(27)19(29)22(39-2)20(30)18(12)28/h4-7,9,14,21,34H,3,8,10H2,1-2H3,(H,31,35)(H,36,37)/t14-,21-/m1/s1. The van der Waals surface area contributed by atoms with Gasteiger partial charge in [-0.3, -0.25) is 9.48 Å². The van der Waals surface area contributed by atoms with Crippen LogP contribution in [-0.2, 0) is 22.5 Å². The first-order chi connectivity index (χ1) is 18.9. The van der Waals surface area contributed by atoms with Crippen molar-refractivity contribution < 1.29 is 51.6 Å². The van der Waals surface area contributed by atoms with Crippen LogP contribution in [0.2, 0.25) is 5.02 Å². The maximum atomic E-state index is 14.5. The highest BCUT2D eigenvalue weighted by Gasteiger charge is 2.32. The molecule has 0 aliphatic carbocycles. The van der Waals surface area contributed by atoms with Gasteiger partial charge in [0.25, 0.3) is 5.91 Å². The number of benzene rings is 2. The number of aliphatic hydroxyl groups excluding tert-OH is 1. The molecule has 0 spiro atoms. The number of carbonyl (C=O) groups excluding carboxylic acids is 2. The molecule has 0 aliphatic heterocycles. The third-order valence-corrected chi connectivity index (χ3v) is 6.05. The Labute approximate surface area is 229 Å². The predicted octanol–water partition coefficient (Wildman–Crippen LogP) is 3.11. The summed E-state index contributed by atoms with van der Waals surface area (Å²) in [6.45, 7) is 0.298. The predicted molar refractivity (Wildman–Crippen MR) is 130 cm³/mol. The Morgan fingerprint density at radius 2 is 1.73 bits per heavy atom. The van der Waals surface area contributed by atoms with Crippen molar-refractivity contribution in [2.45, 2.75) is 32.0 Å². The summed E-state index contributed by atoms with van der Waals surface area (Å²) in [6, 6.07) is 5.76. The number of carbonyl (C=O) groups is 3. The summed E-state index contributed by atoms with van der Waals surface area (Å²) >= 11 is 6.16. The number of nitrogens with zero attached hydrogens (tertiary/aromatic N) is 2. The van der Waals surface area contributed by atoms with Crippen LogP contribution >= 0.6 is 11.6 Å². The van der Waals surface area contributed by atoms with E-state index in [2.05, 4.69) is 15.2 Å². The molecule has 40 heavy (non-hydrogen) atoms. The van der Waals surface area contributed by atoms with Crippen LogP contribution in [0, 0.1) is 23.3 Å². The highest BCUT2D eigenvalue weighted by atomic mass is 35.5. The van der Waals surface area contributed by atoms with Gasteiger partial charge in [0.1, 0.15) is 5.69 Å². The molecular weight excluding hydrogens is 566 g/mol. The highest BCUT2D eigenvalue weighted by molar-refractivity contribution is 6.31. The van der Waals surface area contributed by atoms with Crippen molar-refractivity contribution in [2.24, 2.45) is 0 Å². The molecule has 3 N–H and O–H groups in total. The minimum Gasteiger partial charge on any atom is -0.491 e. The fourth-order valence-corrected chi connectivity index (χ4v) is 3.93. The second-order valence-electron chi connectivity index (χ2n) is 8.22. The molecule has 3 rings (SSSR count). The number of carboxylic acid groups (broad SMARTS) is 1. The van der Waals surface area contributed by atoms with Crippen LogP contribution in [0.1, 0.15) is 39.0 Å². The molecule has 214 valence electrons. The van der Waals surface area contributed by atoms with Gasteiger partial charge < -0.3 is 25.0 Å². The Hall–Kier alpha value is -4.17. The van der Waals surface area contributed by atoms with Gasteiger partial charge in [0.2, 0.25) is 11.6 Å². The first-order valence-electron chi connectivity index (χ1n) is 11.5. The number of nitrogens with one attached hydrogen (secondary N) is 1. The number of methoxy groups -OCH3 is 1. The number of aromatic carboxylic acids is 1. The number of hydrogen-bond donors (Lipinski definition) is 3. The highest BCUT2D eigenvalue weighted by Crippen LogP contribution is 2.30. The maximum Gasteiger partial charge on any atom is 0.354 e. The lowest BCUT2D eigenvalue weighted by molar-refractivity contribution is -0.154. The monoisotopic (exact) mass is 587 g/mol. The molecule has 10 nitrogen and oxygen atoms in total. The van der Waals surface area contributed by atoms with Crippen LogP contribution in [0.25, 0.3) is 0 Å². The SMILES string of the molecule is CCOC(=O)[C@H](O)[C@@H](Cc1ccccc1Cl)NC(=O)c1cc(C(=O)O)n(Cc2c(F)c(F)c(OC)c(F)c2F)n1. The fraction of sp³-hybridized carbons (Fsp3) is 0.280. The van der Waals surface area contributed by atoms with E-state index >= 15 is 0 Å². The Balaban J connectivity index is 1.97. The maximum absolute atomic E-state index is 14.5. The molecule has 0 unspecified atom stereocenters. The van der Waals surface area contributed by atoms with Crippen LogP contribution in [-0.4, -0.2) is 63.7 Å². The summed E-state index contributed by atoms with van der Waals surface area (Å²) in [5.74, 6) is -12.6. The van der Waals surface area contributed by atoms with E-state index in [9.17, 15) is 42.2 Å². The Morgan fingerprint density at radius 1 is 1.10 bits per heavy atom. The molecule has 15 heteroatoms. The summed E-state index contributed by atoms with van der Waals surface area (Å²) in [5.41, 5.74) is -2.17. The quantitative estimate of drug-likeness (QED) is 0.177.